The first-order chi connectivity index (χ1) is 24.0. The molecule has 52 heavy (non-hydrogen) atoms. The van der Waals surface area contributed by atoms with Gasteiger partial charge in [-0.25, -0.2) is 13.4 Å². The summed E-state index contributed by atoms with van der Waals surface area (Å²) in [7, 11) is -4.18. The molecule has 1 aliphatic rings. The van der Waals surface area contributed by atoms with Crippen LogP contribution in [0.2, 0.25) is 10.0 Å². The summed E-state index contributed by atoms with van der Waals surface area (Å²) in [5, 5.41) is 7.49. The molecule has 5 rings (SSSR count). The number of hydrogen-bond donors (Lipinski definition) is 2. The van der Waals surface area contributed by atoms with Crippen molar-refractivity contribution in [2.75, 3.05) is 26.2 Å². The third kappa shape index (κ3) is 9.47. The van der Waals surface area contributed by atoms with E-state index in [0.717, 1.165) is 22.2 Å². The summed E-state index contributed by atoms with van der Waals surface area (Å²) in [5.41, 5.74) is 4.21. The zero-order valence-corrected chi connectivity index (χ0v) is 32.9. The fourth-order valence-corrected chi connectivity index (χ4v) is 8.65. The maximum Gasteiger partial charge on any atom is 0.253 e. The molecule has 1 fully saturated rings. The van der Waals surface area contributed by atoms with Crippen molar-refractivity contribution >= 4 is 87.0 Å². The van der Waals surface area contributed by atoms with Crippen LogP contribution < -0.4 is 15.9 Å². The van der Waals surface area contributed by atoms with Crippen molar-refractivity contribution in [3.05, 3.63) is 98.7 Å². The highest BCUT2D eigenvalue weighted by atomic mass is 35.5. The highest BCUT2D eigenvalue weighted by Gasteiger charge is 2.40. The molecule has 0 radical (unpaired) electrons. The van der Waals surface area contributed by atoms with Crippen LogP contribution in [0.5, 0.6) is 5.75 Å². The molecular weight excluding hydrogens is 770 g/mol. The van der Waals surface area contributed by atoms with Gasteiger partial charge in [-0.05, 0) is 87.6 Å². The molecule has 280 valence electrons. The molecule has 0 unspecified atom stereocenters. The monoisotopic (exact) mass is 810 g/mol. The Bertz CT molecular complexity index is 2030. The summed E-state index contributed by atoms with van der Waals surface area (Å²) in [6, 6.07) is 16.5. The summed E-state index contributed by atoms with van der Waals surface area (Å²) in [4.78, 5) is 32.5. The van der Waals surface area contributed by atoms with Gasteiger partial charge in [0, 0.05) is 53.4 Å². The topological polar surface area (TPSA) is 147 Å². The largest absolute Gasteiger partial charge is 0.487 e. The predicted octanol–water partition coefficient (Wildman–Crippen LogP) is 6.70. The van der Waals surface area contributed by atoms with Crippen LogP contribution in [0.15, 0.2) is 70.7 Å². The quantitative estimate of drug-likeness (QED) is 0.0662. The summed E-state index contributed by atoms with van der Waals surface area (Å²) < 4.78 is 35.3. The second kappa shape index (κ2) is 18.9. The Balaban J connectivity index is 0.00000364. The Kier molecular flexibility index (Phi) is 15.5. The molecule has 0 bridgehead atoms. The molecule has 0 spiro atoms. The molecule has 4 aromatic rings. The zero-order chi connectivity index (χ0) is 36.0. The van der Waals surface area contributed by atoms with Gasteiger partial charge in [-0.3, -0.25) is 9.59 Å². The smallest absolute Gasteiger partial charge is 0.253 e. The number of para-hydroxylation sites is 1. The third-order valence-electron chi connectivity index (χ3n) is 8.71. The lowest BCUT2D eigenvalue weighted by molar-refractivity contribution is -0.124. The van der Waals surface area contributed by atoms with E-state index in [2.05, 4.69) is 15.4 Å². The average molecular weight is 813 g/mol. The molecule has 0 aliphatic carbocycles. The lowest BCUT2D eigenvalue weighted by atomic mass is 10.1. The number of halogens is 4. The van der Waals surface area contributed by atoms with Gasteiger partial charge in [-0.15, -0.1) is 24.8 Å². The zero-order valence-electron chi connectivity index (χ0n) is 29.0. The summed E-state index contributed by atoms with van der Waals surface area (Å²) >= 11 is 13.3. The molecule has 0 saturated carbocycles. The van der Waals surface area contributed by atoms with E-state index in [1.165, 1.54) is 22.7 Å². The lowest BCUT2D eigenvalue weighted by Crippen LogP contribution is -2.46. The molecule has 3 N–H and O–H groups in total. The molecule has 1 aliphatic heterocycles. The first-order valence-electron chi connectivity index (χ1n) is 16.3. The fourth-order valence-electron chi connectivity index (χ4n) is 6.13. The van der Waals surface area contributed by atoms with E-state index in [9.17, 15) is 18.0 Å². The van der Waals surface area contributed by atoms with Gasteiger partial charge in [0.2, 0.25) is 15.9 Å². The highest BCUT2D eigenvalue weighted by Crippen LogP contribution is 2.36. The van der Waals surface area contributed by atoms with Gasteiger partial charge in [-0.1, -0.05) is 47.5 Å². The van der Waals surface area contributed by atoms with Gasteiger partial charge >= 0.3 is 0 Å². The molecule has 1 saturated heterocycles. The molecule has 1 aromatic heterocycles. The Morgan fingerprint density at radius 1 is 1.12 bits per heavy atom. The van der Waals surface area contributed by atoms with Crippen molar-refractivity contribution < 1.29 is 22.7 Å². The van der Waals surface area contributed by atoms with Crippen LogP contribution in [-0.2, 0) is 21.4 Å². The predicted molar refractivity (Wildman–Crippen MR) is 211 cm³/mol. The number of amides is 2. The number of fused-ring (bicyclic) bond motifs is 1. The summed E-state index contributed by atoms with van der Waals surface area (Å²) in [6.45, 7) is 7.03. The standard InChI is InChI=1S/C36H40Cl2N6O5S.2ClH/c1-4-43(36(46)26-13-11-25(12-14-26)21-41-39)18-7-17-40-35(45)30-9-6-19-44(30)50(47,48)32-16-15-29(37)28(33(32)38)22-49-31-10-5-8-27-23(2)20-24(3)42-34(27)31;;/h5,8,10-16,20-21,30H,4,6-7,9,17-19,22,39H2,1-3H3,(H,40,45);2*1H/t30-;;/m0../s1. The van der Waals surface area contributed by atoms with Crippen molar-refractivity contribution in [3.8, 4) is 5.75 Å². The number of aryl methyl sites for hydroxylation is 2. The number of sulfonamides is 1. The van der Waals surface area contributed by atoms with Crippen molar-refractivity contribution in [2.45, 2.75) is 57.6 Å². The lowest BCUT2D eigenvalue weighted by Gasteiger charge is -2.25. The first-order valence-corrected chi connectivity index (χ1v) is 18.5. The number of ether oxygens (including phenoxy) is 1. The molecule has 1 atom stereocenters. The number of hydrogen-bond acceptors (Lipinski definition) is 8. The number of carbonyl (C=O) groups excluding carboxylic acids is 2. The number of nitrogens with zero attached hydrogens (tertiary/aromatic N) is 4. The van der Waals surface area contributed by atoms with Crippen molar-refractivity contribution in [2.24, 2.45) is 10.9 Å². The number of pyridine rings is 1. The molecular formula is C36H42Cl4N6O5S. The molecule has 11 nitrogen and oxygen atoms in total. The third-order valence-corrected chi connectivity index (χ3v) is 11.6. The van der Waals surface area contributed by atoms with Gasteiger partial charge in [0.25, 0.3) is 5.91 Å². The summed E-state index contributed by atoms with van der Waals surface area (Å²) in [6.07, 6.45) is 2.86. The molecule has 16 heteroatoms. The number of benzene rings is 3. The number of rotatable bonds is 13. The highest BCUT2D eigenvalue weighted by molar-refractivity contribution is 7.89. The van der Waals surface area contributed by atoms with Gasteiger partial charge in [0.15, 0.2) is 0 Å². The average Bonchev–Trinajstić information content (AvgIpc) is 3.60. The number of nitrogens with two attached hydrogens (primary N) is 1. The van der Waals surface area contributed by atoms with E-state index in [1.807, 2.05) is 39.0 Å². The first kappa shape index (κ1) is 42.8. The Morgan fingerprint density at radius 2 is 1.85 bits per heavy atom. The normalized spacial score (nSPS) is 14.5. The minimum Gasteiger partial charge on any atom is -0.487 e. The van der Waals surface area contributed by atoms with Gasteiger partial charge in [0.1, 0.15) is 28.8 Å². The van der Waals surface area contributed by atoms with Crippen molar-refractivity contribution in [1.29, 1.82) is 0 Å². The minimum absolute atomic E-state index is 0. The second-order valence-corrected chi connectivity index (χ2v) is 14.7. The van der Waals surface area contributed by atoms with Crippen LogP contribution in [0.4, 0.5) is 0 Å². The van der Waals surface area contributed by atoms with E-state index in [1.54, 1.807) is 35.2 Å². The fraction of sp³-hybridized carbons (Fsp3) is 0.333. The number of carbonyl (C=O) groups is 2. The Morgan fingerprint density at radius 3 is 2.54 bits per heavy atom. The maximum absolute atomic E-state index is 14.0. The van der Waals surface area contributed by atoms with Crippen LogP contribution in [0.1, 0.15) is 58.9 Å². The van der Waals surface area contributed by atoms with Gasteiger partial charge < -0.3 is 20.8 Å². The van der Waals surface area contributed by atoms with Crippen LogP contribution in [0, 0.1) is 13.8 Å². The summed E-state index contributed by atoms with van der Waals surface area (Å²) in [5.74, 6) is 5.18. The SMILES string of the molecule is CCN(CCCNC(=O)[C@@H]1CCCN1S(=O)(=O)c1ccc(Cl)c(COc2cccc3c(C)cc(C)nc23)c1Cl)C(=O)c1ccc(C=NN)cc1.Cl.Cl. The van der Waals surface area contributed by atoms with Crippen molar-refractivity contribution in [3.63, 3.8) is 0 Å². The van der Waals surface area contributed by atoms with Crippen LogP contribution in [0.3, 0.4) is 0 Å². The van der Waals surface area contributed by atoms with Crippen LogP contribution in [-0.4, -0.2) is 72.9 Å². The van der Waals surface area contributed by atoms with E-state index in [0.29, 0.717) is 54.7 Å². The van der Waals surface area contributed by atoms with E-state index < -0.39 is 22.0 Å². The van der Waals surface area contributed by atoms with Crippen LogP contribution >= 0.6 is 48.0 Å². The molecule has 3 aromatic carbocycles. The number of hydrazone groups is 1. The second-order valence-electron chi connectivity index (χ2n) is 12.1. The van der Waals surface area contributed by atoms with E-state index in [4.69, 9.17) is 33.8 Å². The molecule has 2 heterocycles. The number of nitrogens with one attached hydrogen (secondary N) is 1. The minimum atomic E-state index is -4.18. The number of aromatic nitrogens is 1. The molecule has 2 amide bonds. The van der Waals surface area contributed by atoms with Gasteiger partial charge in [-0.2, -0.15) is 9.41 Å². The maximum atomic E-state index is 14.0. The Hall–Kier alpha value is -3.65. The van der Waals surface area contributed by atoms with E-state index >= 15 is 0 Å². The van der Waals surface area contributed by atoms with Crippen LogP contribution in [0.25, 0.3) is 10.9 Å². The Labute approximate surface area is 326 Å². The van der Waals surface area contributed by atoms with E-state index in [-0.39, 0.29) is 65.4 Å². The van der Waals surface area contributed by atoms with Crippen molar-refractivity contribution in [1.82, 2.24) is 19.5 Å². The van der Waals surface area contributed by atoms with Gasteiger partial charge in [0.05, 0.1) is 11.2 Å².